The molecule has 0 saturated heterocycles. The van der Waals surface area contributed by atoms with Gasteiger partial charge in [-0.2, -0.15) is 0 Å². The summed E-state index contributed by atoms with van der Waals surface area (Å²) in [7, 11) is 0. The van der Waals surface area contributed by atoms with E-state index in [1.54, 1.807) is 6.07 Å². The van der Waals surface area contributed by atoms with Gasteiger partial charge in [-0.05, 0) is 30.0 Å². The third-order valence-electron chi connectivity index (χ3n) is 2.11. The van der Waals surface area contributed by atoms with E-state index < -0.39 is 0 Å². The van der Waals surface area contributed by atoms with E-state index >= 15 is 0 Å². The fourth-order valence-corrected chi connectivity index (χ4v) is 2.79. The Balaban J connectivity index is 3.39. The van der Waals surface area contributed by atoms with Crippen molar-refractivity contribution in [2.45, 2.75) is 31.6 Å². The predicted octanol–water partition coefficient (Wildman–Crippen LogP) is 4.41. The molecule has 0 unspecified atom stereocenters. The molecule has 13 heavy (non-hydrogen) atoms. The van der Waals surface area contributed by atoms with Crippen molar-refractivity contribution in [3.8, 4) is 0 Å². The Kier molecular flexibility index (Phi) is 3.96. The van der Waals surface area contributed by atoms with Crippen LogP contribution in [0, 0.1) is 0 Å². The molecule has 0 N–H and O–H groups in total. The molecule has 0 aliphatic heterocycles. The molecule has 1 aromatic rings. The Bertz CT molecular complexity index is 293. The highest BCUT2D eigenvalue weighted by Crippen LogP contribution is 2.33. The topological polar surface area (TPSA) is 0 Å². The van der Waals surface area contributed by atoms with Crippen LogP contribution in [-0.4, -0.2) is 0 Å². The van der Waals surface area contributed by atoms with Gasteiger partial charge in [0.05, 0.1) is 0 Å². The maximum Gasteiger partial charge on any atom is 0.0463 e. The first-order valence-corrected chi connectivity index (χ1v) is 5.50. The second kappa shape index (κ2) is 4.59. The van der Waals surface area contributed by atoms with Crippen LogP contribution in [0.1, 0.15) is 25.0 Å². The van der Waals surface area contributed by atoms with Gasteiger partial charge >= 0.3 is 0 Å². The van der Waals surface area contributed by atoms with Crippen LogP contribution in [-0.2, 0) is 12.8 Å². The highest BCUT2D eigenvalue weighted by molar-refractivity contribution is 7.80. The summed E-state index contributed by atoms with van der Waals surface area (Å²) in [5, 5.41) is 1.43. The standard InChI is InChI=1S/C10H12Cl2S/c1-3-6-8(11)5-9(12)7(4-2)10(6)13/h5,13H,3-4H2,1-2H3. The maximum atomic E-state index is 6.03. The van der Waals surface area contributed by atoms with Gasteiger partial charge < -0.3 is 0 Å². The minimum Gasteiger partial charge on any atom is -0.143 e. The van der Waals surface area contributed by atoms with Crippen LogP contribution in [0.15, 0.2) is 11.0 Å². The van der Waals surface area contributed by atoms with Gasteiger partial charge in [-0.25, -0.2) is 0 Å². The zero-order valence-electron chi connectivity index (χ0n) is 7.69. The van der Waals surface area contributed by atoms with E-state index in [0.717, 1.165) is 38.9 Å². The lowest BCUT2D eigenvalue weighted by Gasteiger charge is -2.11. The molecule has 0 saturated carbocycles. The molecular weight excluding hydrogens is 223 g/mol. The van der Waals surface area contributed by atoms with Gasteiger partial charge in [-0.3, -0.25) is 0 Å². The molecule has 0 radical (unpaired) electrons. The van der Waals surface area contributed by atoms with Gasteiger partial charge in [0.1, 0.15) is 0 Å². The van der Waals surface area contributed by atoms with Gasteiger partial charge in [0.25, 0.3) is 0 Å². The SMILES string of the molecule is CCc1c(Cl)cc(Cl)c(CC)c1S. The van der Waals surface area contributed by atoms with Gasteiger partial charge in [0.2, 0.25) is 0 Å². The van der Waals surface area contributed by atoms with Crippen LogP contribution in [0.3, 0.4) is 0 Å². The predicted molar refractivity (Wildman–Crippen MR) is 62.5 cm³/mol. The van der Waals surface area contributed by atoms with Crippen molar-refractivity contribution >= 4 is 35.8 Å². The zero-order valence-corrected chi connectivity index (χ0v) is 10.1. The summed E-state index contributed by atoms with van der Waals surface area (Å²) in [5.41, 5.74) is 2.18. The number of hydrogen-bond donors (Lipinski definition) is 1. The van der Waals surface area contributed by atoms with E-state index in [0.29, 0.717) is 0 Å². The smallest absolute Gasteiger partial charge is 0.0463 e. The van der Waals surface area contributed by atoms with Crippen molar-refractivity contribution in [3.05, 3.63) is 27.2 Å². The van der Waals surface area contributed by atoms with Gasteiger partial charge in [-0.1, -0.05) is 37.0 Å². The van der Waals surface area contributed by atoms with Gasteiger partial charge in [-0.15, -0.1) is 12.6 Å². The van der Waals surface area contributed by atoms with E-state index in [1.165, 1.54) is 0 Å². The summed E-state index contributed by atoms with van der Waals surface area (Å²) in [6, 6.07) is 1.81. The van der Waals surface area contributed by atoms with Crippen molar-refractivity contribution in [1.29, 1.82) is 0 Å². The van der Waals surface area contributed by atoms with Gasteiger partial charge in [0, 0.05) is 14.9 Å². The van der Waals surface area contributed by atoms with Crippen LogP contribution in [0.25, 0.3) is 0 Å². The second-order valence-corrected chi connectivity index (χ2v) is 4.11. The minimum absolute atomic E-state index is 0.717. The third kappa shape index (κ3) is 2.15. The first-order chi connectivity index (χ1) is 6.11. The second-order valence-electron chi connectivity index (χ2n) is 2.85. The Labute approximate surface area is 94.7 Å². The minimum atomic E-state index is 0.717. The molecule has 0 aliphatic rings. The molecule has 0 heterocycles. The summed E-state index contributed by atoms with van der Waals surface area (Å²) in [4.78, 5) is 0.947. The molecule has 0 bridgehead atoms. The molecule has 0 nitrogen and oxygen atoms in total. The van der Waals surface area contributed by atoms with Crippen LogP contribution in [0.5, 0.6) is 0 Å². The lowest BCUT2D eigenvalue weighted by Crippen LogP contribution is -1.93. The van der Waals surface area contributed by atoms with Crippen LogP contribution >= 0.6 is 35.8 Å². The van der Waals surface area contributed by atoms with E-state index in [2.05, 4.69) is 26.5 Å². The number of rotatable bonds is 2. The first kappa shape index (κ1) is 11.2. The Hall–Kier alpha value is 0.150. The lowest BCUT2D eigenvalue weighted by atomic mass is 10.1. The monoisotopic (exact) mass is 234 g/mol. The number of halogens is 2. The van der Waals surface area contributed by atoms with Crippen molar-refractivity contribution in [3.63, 3.8) is 0 Å². The Morgan fingerprint density at radius 2 is 1.46 bits per heavy atom. The van der Waals surface area contributed by atoms with E-state index in [4.69, 9.17) is 23.2 Å². The highest BCUT2D eigenvalue weighted by atomic mass is 35.5. The molecule has 0 aliphatic carbocycles. The average Bonchev–Trinajstić information content (AvgIpc) is 2.04. The van der Waals surface area contributed by atoms with Crippen LogP contribution < -0.4 is 0 Å². The lowest BCUT2D eigenvalue weighted by molar-refractivity contribution is 1.01. The zero-order chi connectivity index (χ0) is 10.0. The van der Waals surface area contributed by atoms with Crippen molar-refractivity contribution in [2.75, 3.05) is 0 Å². The normalized spacial score (nSPS) is 10.5. The molecule has 3 heteroatoms. The van der Waals surface area contributed by atoms with E-state index in [9.17, 15) is 0 Å². The molecule has 0 spiro atoms. The fraction of sp³-hybridized carbons (Fsp3) is 0.400. The van der Waals surface area contributed by atoms with Crippen molar-refractivity contribution in [2.24, 2.45) is 0 Å². The Morgan fingerprint density at radius 1 is 1.08 bits per heavy atom. The molecule has 0 amide bonds. The molecule has 1 rings (SSSR count). The number of thiol groups is 1. The molecule has 0 fully saturated rings. The van der Waals surface area contributed by atoms with E-state index in [-0.39, 0.29) is 0 Å². The fourth-order valence-electron chi connectivity index (χ4n) is 1.37. The summed E-state index contributed by atoms with van der Waals surface area (Å²) < 4.78 is 0. The Morgan fingerprint density at radius 3 is 1.77 bits per heavy atom. The molecular formula is C10H12Cl2S. The van der Waals surface area contributed by atoms with E-state index in [1.807, 2.05) is 0 Å². The van der Waals surface area contributed by atoms with Gasteiger partial charge in [0.15, 0.2) is 0 Å². The van der Waals surface area contributed by atoms with Crippen LogP contribution in [0.2, 0.25) is 10.0 Å². The number of benzene rings is 1. The largest absolute Gasteiger partial charge is 0.143 e. The third-order valence-corrected chi connectivity index (χ3v) is 3.32. The molecule has 0 aromatic heterocycles. The molecule has 0 atom stereocenters. The highest BCUT2D eigenvalue weighted by Gasteiger charge is 2.10. The van der Waals surface area contributed by atoms with Crippen LogP contribution in [0.4, 0.5) is 0 Å². The summed E-state index contributed by atoms with van der Waals surface area (Å²) >= 11 is 16.5. The number of hydrogen-bond acceptors (Lipinski definition) is 1. The van der Waals surface area contributed by atoms with Crippen molar-refractivity contribution in [1.82, 2.24) is 0 Å². The molecule has 1 aromatic carbocycles. The average molecular weight is 235 g/mol. The maximum absolute atomic E-state index is 6.03. The quantitative estimate of drug-likeness (QED) is 0.721. The molecule has 72 valence electrons. The summed E-state index contributed by atoms with van der Waals surface area (Å²) in [6.07, 6.45) is 1.78. The van der Waals surface area contributed by atoms with Crippen molar-refractivity contribution < 1.29 is 0 Å². The summed E-state index contributed by atoms with van der Waals surface area (Å²) in [6.45, 7) is 4.13. The first-order valence-electron chi connectivity index (χ1n) is 4.30. The summed E-state index contributed by atoms with van der Waals surface area (Å²) in [5.74, 6) is 0.